The topological polar surface area (TPSA) is 52.0 Å². The van der Waals surface area contributed by atoms with Crippen LogP contribution in [-0.2, 0) is 17.8 Å². The Bertz CT molecular complexity index is 335. The molecule has 1 aromatic heterocycles. The van der Waals surface area contributed by atoms with Crippen LogP contribution in [0.25, 0.3) is 0 Å². The zero-order valence-electron chi connectivity index (χ0n) is 12.2. The Morgan fingerprint density at radius 1 is 1.28 bits per heavy atom. The minimum absolute atomic E-state index is 0.288. The van der Waals surface area contributed by atoms with E-state index >= 15 is 0 Å². The molecule has 0 spiro atoms. The lowest BCUT2D eigenvalue weighted by Gasteiger charge is -2.16. The molecule has 1 unspecified atom stereocenters. The third-order valence-corrected chi connectivity index (χ3v) is 2.92. The van der Waals surface area contributed by atoms with Crippen LogP contribution in [0.2, 0.25) is 0 Å². The first kappa shape index (κ1) is 15.1. The van der Waals surface area contributed by atoms with Gasteiger partial charge in [-0.05, 0) is 12.8 Å². The van der Waals surface area contributed by atoms with E-state index < -0.39 is 0 Å². The maximum absolute atomic E-state index is 5.71. The molecule has 0 radical (unpaired) electrons. The Morgan fingerprint density at radius 2 is 2.00 bits per heavy atom. The number of hydrogen-bond acceptors (Lipinski definition) is 4. The van der Waals surface area contributed by atoms with Crippen molar-refractivity contribution >= 4 is 0 Å². The van der Waals surface area contributed by atoms with Gasteiger partial charge < -0.3 is 10.1 Å². The largest absolute Gasteiger partial charge is 0.376 e. The van der Waals surface area contributed by atoms with Crippen molar-refractivity contribution in [1.29, 1.82) is 0 Å². The van der Waals surface area contributed by atoms with Crippen LogP contribution in [0.5, 0.6) is 0 Å². The summed E-state index contributed by atoms with van der Waals surface area (Å²) in [6.45, 7) is 12.9. The van der Waals surface area contributed by atoms with Crippen LogP contribution in [0.15, 0.2) is 6.20 Å². The van der Waals surface area contributed by atoms with Gasteiger partial charge in [0.15, 0.2) is 0 Å². The van der Waals surface area contributed by atoms with E-state index in [0.717, 1.165) is 18.8 Å². The molecule has 18 heavy (non-hydrogen) atoms. The van der Waals surface area contributed by atoms with E-state index in [9.17, 15) is 0 Å². The van der Waals surface area contributed by atoms with Gasteiger partial charge in [0.05, 0.1) is 24.9 Å². The molecule has 1 heterocycles. The number of rotatable bonds is 8. The average Bonchev–Trinajstić information content (AvgIpc) is 2.74. The van der Waals surface area contributed by atoms with Gasteiger partial charge in [0.2, 0.25) is 0 Å². The molecule has 0 aliphatic rings. The maximum atomic E-state index is 5.71. The lowest BCUT2D eigenvalue weighted by Crippen LogP contribution is -2.22. The van der Waals surface area contributed by atoms with Crippen LogP contribution >= 0.6 is 0 Å². The van der Waals surface area contributed by atoms with Gasteiger partial charge in [0.1, 0.15) is 0 Å². The van der Waals surface area contributed by atoms with E-state index in [1.165, 1.54) is 0 Å². The van der Waals surface area contributed by atoms with Crippen molar-refractivity contribution in [3.05, 3.63) is 11.9 Å². The molecule has 0 saturated heterocycles. The Morgan fingerprint density at radius 3 is 2.61 bits per heavy atom. The third kappa shape index (κ3) is 5.60. The molecular formula is C13H26N4O. The predicted molar refractivity (Wildman–Crippen MR) is 72.2 cm³/mol. The van der Waals surface area contributed by atoms with E-state index in [0.29, 0.717) is 18.6 Å². The molecule has 0 saturated carbocycles. The molecule has 0 aromatic carbocycles. The van der Waals surface area contributed by atoms with Gasteiger partial charge in [0.25, 0.3) is 0 Å². The molecule has 5 heteroatoms. The molecule has 0 fully saturated rings. The molecular weight excluding hydrogens is 228 g/mol. The number of nitrogens with zero attached hydrogens (tertiary/aromatic N) is 3. The summed E-state index contributed by atoms with van der Waals surface area (Å²) in [6.07, 6.45) is 2.26. The lowest BCUT2D eigenvalue weighted by atomic mass is 10.1. The molecule has 1 atom stereocenters. The Kier molecular flexibility index (Phi) is 6.29. The molecule has 1 rings (SSSR count). The molecule has 0 aliphatic carbocycles. The van der Waals surface area contributed by atoms with E-state index in [2.05, 4.69) is 50.2 Å². The number of ether oxygens (including phenoxy) is 1. The summed E-state index contributed by atoms with van der Waals surface area (Å²) in [7, 11) is 0. The van der Waals surface area contributed by atoms with E-state index in [1.807, 2.05) is 10.9 Å². The molecule has 1 aromatic rings. The van der Waals surface area contributed by atoms with Crippen molar-refractivity contribution in [2.45, 2.75) is 59.9 Å². The number of hydrogen-bond donors (Lipinski definition) is 1. The van der Waals surface area contributed by atoms with Gasteiger partial charge in [-0.1, -0.05) is 32.9 Å². The average molecular weight is 254 g/mol. The monoisotopic (exact) mass is 254 g/mol. The van der Waals surface area contributed by atoms with Crippen molar-refractivity contribution in [2.24, 2.45) is 5.92 Å². The quantitative estimate of drug-likeness (QED) is 0.769. The fourth-order valence-corrected chi connectivity index (χ4v) is 1.36. The van der Waals surface area contributed by atoms with Crippen molar-refractivity contribution in [1.82, 2.24) is 20.3 Å². The van der Waals surface area contributed by atoms with Gasteiger partial charge in [-0.15, -0.1) is 5.10 Å². The van der Waals surface area contributed by atoms with E-state index in [4.69, 9.17) is 4.74 Å². The SMILES string of the molecule is CC(C)NCc1cn(CCOC(C)C(C)C)nn1. The van der Waals surface area contributed by atoms with Gasteiger partial charge in [0, 0.05) is 18.8 Å². The fourth-order valence-electron chi connectivity index (χ4n) is 1.36. The Balaban J connectivity index is 2.27. The molecule has 0 bridgehead atoms. The summed E-state index contributed by atoms with van der Waals surface area (Å²) in [6, 6.07) is 0.463. The molecule has 104 valence electrons. The van der Waals surface area contributed by atoms with Gasteiger partial charge in [-0.3, -0.25) is 0 Å². The highest BCUT2D eigenvalue weighted by atomic mass is 16.5. The summed E-state index contributed by atoms with van der Waals surface area (Å²) in [4.78, 5) is 0. The Labute approximate surface area is 110 Å². The highest BCUT2D eigenvalue weighted by Gasteiger charge is 2.07. The van der Waals surface area contributed by atoms with Crippen LogP contribution < -0.4 is 5.32 Å². The lowest BCUT2D eigenvalue weighted by molar-refractivity contribution is 0.0293. The number of nitrogens with one attached hydrogen (secondary N) is 1. The van der Waals surface area contributed by atoms with Crippen LogP contribution in [-0.4, -0.2) is 33.7 Å². The van der Waals surface area contributed by atoms with Gasteiger partial charge >= 0.3 is 0 Å². The predicted octanol–water partition coefficient (Wildman–Crippen LogP) is 1.84. The summed E-state index contributed by atoms with van der Waals surface area (Å²) in [5.74, 6) is 0.548. The summed E-state index contributed by atoms with van der Waals surface area (Å²) < 4.78 is 7.55. The number of aromatic nitrogens is 3. The third-order valence-electron chi connectivity index (χ3n) is 2.92. The molecule has 5 nitrogen and oxygen atoms in total. The van der Waals surface area contributed by atoms with Crippen LogP contribution in [0.1, 0.15) is 40.3 Å². The second-order valence-corrected chi connectivity index (χ2v) is 5.33. The molecule has 0 amide bonds. The first-order valence-corrected chi connectivity index (χ1v) is 6.73. The second kappa shape index (κ2) is 7.48. The van der Waals surface area contributed by atoms with Crippen molar-refractivity contribution in [2.75, 3.05) is 6.61 Å². The summed E-state index contributed by atoms with van der Waals surface area (Å²) in [5.41, 5.74) is 0.973. The van der Waals surface area contributed by atoms with Crippen molar-refractivity contribution in [3.8, 4) is 0 Å². The zero-order valence-corrected chi connectivity index (χ0v) is 12.2. The second-order valence-electron chi connectivity index (χ2n) is 5.33. The zero-order chi connectivity index (χ0) is 13.5. The van der Waals surface area contributed by atoms with E-state index in [-0.39, 0.29) is 6.10 Å². The first-order chi connectivity index (χ1) is 8.49. The molecule has 0 aliphatic heterocycles. The summed E-state index contributed by atoms with van der Waals surface area (Å²) in [5, 5.41) is 11.5. The van der Waals surface area contributed by atoms with Crippen LogP contribution in [0.4, 0.5) is 0 Å². The highest BCUT2D eigenvalue weighted by Crippen LogP contribution is 2.05. The van der Waals surface area contributed by atoms with Crippen molar-refractivity contribution in [3.63, 3.8) is 0 Å². The molecule has 1 N–H and O–H groups in total. The minimum Gasteiger partial charge on any atom is -0.376 e. The first-order valence-electron chi connectivity index (χ1n) is 6.73. The normalized spacial score (nSPS) is 13.5. The van der Waals surface area contributed by atoms with Crippen LogP contribution in [0, 0.1) is 5.92 Å². The van der Waals surface area contributed by atoms with E-state index in [1.54, 1.807) is 0 Å². The van der Waals surface area contributed by atoms with Gasteiger partial charge in [-0.2, -0.15) is 0 Å². The minimum atomic E-state index is 0.288. The maximum Gasteiger partial charge on any atom is 0.0964 e. The van der Waals surface area contributed by atoms with Gasteiger partial charge in [-0.25, -0.2) is 4.68 Å². The van der Waals surface area contributed by atoms with Crippen molar-refractivity contribution < 1.29 is 4.74 Å². The fraction of sp³-hybridized carbons (Fsp3) is 0.846. The smallest absolute Gasteiger partial charge is 0.0964 e. The highest BCUT2D eigenvalue weighted by molar-refractivity contribution is 4.91. The standard InChI is InChI=1S/C13H26N4O/c1-10(2)12(5)18-7-6-17-9-13(15-16-17)8-14-11(3)4/h9-12,14H,6-8H2,1-5H3. The summed E-state index contributed by atoms with van der Waals surface area (Å²) >= 11 is 0. The van der Waals surface area contributed by atoms with Crippen LogP contribution in [0.3, 0.4) is 0 Å². The Hall–Kier alpha value is -0.940.